The molecule has 5 nitrogen and oxygen atoms in total. The van der Waals surface area contributed by atoms with Crippen molar-refractivity contribution in [3.8, 4) is 67.5 Å². The third-order valence-electron chi connectivity index (χ3n) is 10.2. The topological polar surface area (TPSA) is 64.7 Å². The summed E-state index contributed by atoms with van der Waals surface area (Å²) in [6.07, 6.45) is 3.82. The van der Waals surface area contributed by atoms with Crippen molar-refractivity contribution in [3.63, 3.8) is 0 Å². The van der Waals surface area contributed by atoms with Crippen LogP contribution in [-0.4, -0.2) is 19.9 Å². The molecule has 3 heterocycles. The zero-order valence-electron chi connectivity index (χ0n) is 27.2. The molecule has 5 heteroatoms. The summed E-state index contributed by atoms with van der Waals surface area (Å²) in [5.41, 5.74) is 11.6. The number of rotatable bonds is 4. The lowest BCUT2D eigenvalue weighted by molar-refractivity contribution is 0.669. The van der Waals surface area contributed by atoms with E-state index >= 15 is 0 Å². The Morgan fingerprint density at radius 1 is 0.373 bits per heavy atom. The second-order valence-electron chi connectivity index (χ2n) is 13.0. The molecule has 0 saturated heterocycles. The molecule has 11 rings (SSSR count). The highest BCUT2D eigenvalue weighted by Gasteiger charge is 2.24. The summed E-state index contributed by atoms with van der Waals surface area (Å²) < 4.78 is 6.27. The van der Waals surface area contributed by atoms with Crippen LogP contribution < -0.4 is 0 Å². The molecule has 1 aliphatic carbocycles. The van der Waals surface area contributed by atoms with Gasteiger partial charge in [-0.3, -0.25) is 4.98 Å². The molecule has 0 bridgehead atoms. The molecule has 51 heavy (non-hydrogen) atoms. The van der Waals surface area contributed by atoms with E-state index in [-0.39, 0.29) is 0 Å². The fourth-order valence-electron chi connectivity index (χ4n) is 7.91. The normalized spacial score (nSPS) is 11.9. The third-order valence-corrected chi connectivity index (χ3v) is 10.2. The molecule has 3 aromatic heterocycles. The zero-order valence-corrected chi connectivity index (χ0v) is 27.2. The smallest absolute Gasteiger partial charge is 0.164 e. The Kier molecular flexibility index (Phi) is 5.89. The lowest BCUT2D eigenvalue weighted by Crippen LogP contribution is -2.01. The van der Waals surface area contributed by atoms with E-state index in [2.05, 4.69) is 114 Å². The lowest BCUT2D eigenvalue weighted by atomic mass is 9.92. The van der Waals surface area contributed by atoms with Crippen LogP contribution in [0.3, 0.4) is 0 Å². The third kappa shape index (κ3) is 4.22. The van der Waals surface area contributed by atoms with Crippen LogP contribution in [0, 0.1) is 0 Å². The molecule has 0 aliphatic heterocycles. The van der Waals surface area contributed by atoms with Gasteiger partial charge in [-0.2, -0.15) is 0 Å². The van der Waals surface area contributed by atoms with Crippen LogP contribution in [-0.2, 0) is 0 Å². The first kappa shape index (κ1) is 27.9. The van der Waals surface area contributed by atoms with E-state index in [1.54, 1.807) is 0 Å². The highest BCUT2D eigenvalue weighted by molar-refractivity contribution is 6.17. The molecule has 1 aliphatic rings. The predicted octanol–water partition coefficient (Wildman–Crippen LogP) is 11.8. The largest absolute Gasteiger partial charge is 0.456 e. The van der Waals surface area contributed by atoms with Gasteiger partial charge in [0.2, 0.25) is 0 Å². The van der Waals surface area contributed by atoms with Crippen LogP contribution in [0.2, 0.25) is 0 Å². The van der Waals surface area contributed by atoms with Gasteiger partial charge in [-0.15, -0.1) is 0 Å². The number of hydrogen-bond acceptors (Lipinski definition) is 5. The molecule has 0 atom stereocenters. The van der Waals surface area contributed by atoms with Gasteiger partial charge in [0.1, 0.15) is 11.2 Å². The summed E-state index contributed by atoms with van der Waals surface area (Å²) in [4.78, 5) is 19.9. The summed E-state index contributed by atoms with van der Waals surface area (Å²) in [5.74, 6) is 1.89. The van der Waals surface area contributed by atoms with Gasteiger partial charge in [0, 0.05) is 45.4 Å². The molecule has 0 spiro atoms. The summed E-state index contributed by atoms with van der Waals surface area (Å²) >= 11 is 0. The van der Waals surface area contributed by atoms with Crippen molar-refractivity contribution >= 4 is 43.5 Å². The van der Waals surface area contributed by atoms with Crippen LogP contribution in [0.4, 0.5) is 0 Å². The Balaban J connectivity index is 1.14. The lowest BCUT2D eigenvalue weighted by Gasteiger charge is -2.14. The minimum absolute atomic E-state index is 0.628. The molecule has 0 fully saturated rings. The first-order chi connectivity index (χ1) is 25.3. The van der Waals surface area contributed by atoms with Crippen molar-refractivity contribution in [2.45, 2.75) is 0 Å². The monoisotopic (exact) mass is 650 g/mol. The Bertz CT molecular complexity index is 3040. The van der Waals surface area contributed by atoms with Gasteiger partial charge in [0.25, 0.3) is 0 Å². The zero-order chi connectivity index (χ0) is 33.5. The first-order valence-electron chi connectivity index (χ1n) is 17.0. The van der Waals surface area contributed by atoms with Gasteiger partial charge in [-0.25, -0.2) is 15.0 Å². The summed E-state index contributed by atoms with van der Waals surface area (Å²) in [6.45, 7) is 0. The molecule has 0 unspecified atom stereocenters. The average Bonchev–Trinajstić information content (AvgIpc) is 3.74. The standard InChI is InChI=1S/C46H26N4O/c1-2-10-27(11-3-1)44-48-45(29-24-28-12-8-16-35-39-26-47-23-22-33(39)38(25-29)42(28)35)50-46(49-44)36-21-20-32(30-13-4-5-14-31(30)36)34-17-9-19-41-43(34)37-15-6-7-18-40(37)51-41/h1-26H. The Morgan fingerprint density at radius 3 is 1.90 bits per heavy atom. The minimum Gasteiger partial charge on any atom is -0.456 e. The maximum Gasteiger partial charge on any atom is 0.164 e. The second kappa shape index (κ2) is 10.8. The highest BCUT2D eigenvalue weighted by atomic mass is 16.3. The number of benzene rings is 7. The SMILES string of the molecule is c1ccc(-c2nc(-c3cc4c5c(cccc5c3)-c3cnccc3-4)nc(-c3ccc(-c4cccc5oc6ccccc6c45)c4ccccc34)n2)cc1. The fraction of sp³-hybridized carbons (Fsp3) is 0. The van der Waals surface area contributed by atoms with Gasteiger partial charge < -0.3 is 4.42 Å². The van der Waals surface area contributed by atoms with Gasteiger partial charge >= 0.3 is 0 Å². The van der Waals surface area contributed by atoms with Crippen LogP contribution >= 0.6 is 0 Å². The molecule has 7 aromatic carbocycles. The number of nitrogens with zero attached hydrogens (tertiary/aromatic N) is 4. The number of fused-ring (bicyclic) bond motifs is 7. The first-order valence-corrected chi connectivity index (χ1v) is 17.0. The summed E-state index contributed by atoms with van der Waals surface area (Å²) in [7, 11) is 0. The molecule has 0 N–H and O–H groups in total. The van der Waals surface area contributed by atoms with Crippen LogP contribution in [0.5, 0.6) is 0 Å². The predicted molar refractivity (Wildman–Crippen MR) is 206 cm³/mol. The minimum atomic E-state index is 0.628. The molecule has 236 valence electrons. The second-order valence-corrected chi connectivity index (χ2v) is 13.0. The number of furan rings is 1. The van der Waals surface area contributed by atoms with E-state index < -0.39 is 0 Å². The van der Waals surface area contributed by atoms with Crippen molar-refractivity contribution in [3.05, 3.63) is 158 Å². The van der Waals surface area contributed by atoms with Crippen molar-refractivity contribution in [1.29, 1.82) is 0 Å². The van der Waals surface area contributed by atoms with Crippen molar-refractivity contribution in [2.24, 2.45) is 0 Å². The molecular weight excluding hydrogens is 625 g/mol. The fourth-order valence-corrected chi connectivity index (χ4v) is 7.91. The van der Waals surface area contributed by atoms with E-state index in [1.807, 2.05) is 48.8 Å². The van der Waals surface area contributed by atoms with Crippen molar-refractivity contribution in [2.75, 3.05) is 0 Å². The van der Waals surface area contributed by atoms with Gasteiger partial charge in [0.05, 0.1) is 0 Å². The molecule has 0 saturated carbocycles. The van der Waals surface area contributed by atoms with Crippen molar-refractivity contribution < 1.29 is 4.42 Å². The summed E-state index contributed by atoms with van der Waals surface area (Å²) in [6, 6.07) is 50.6. The van der Waals surface area contributed by atoms with E-state index in [1.165, 1.54) is 22.1 Å². The van der Waals surface area contributed by atoms with Gasteiger partial charge in [-0.1, -0.05) is 109 Å². The number of pyridine rings is 1. The Labute approximate surface area is 292 Å². The maximum atomic E-state index is 6.27. The Hall–Kier alpha value is -6.98. The van der Waals surface area contributed by atoms with E-state index in [0.29, 0.717) is 17.5 Å². The summed E-state index contributed by atoms with van der Waals surface area (Å²) in [5, 5.41) is 6.80. The molecule has 10 aromatic rings. The molecule has 0 amide bonds. The van der Waals surface area contributed by atoms with Gasteiger partial charge in [0.15, 0.2) is 17.5 Å². The molecule has 0 radical (unpaired) electrons. The van der Waals surface area contributed by atoms with E-state index in [9.17, 15) is 0 Å². The van der Waals surface area contributed by atoms with Crippen LogP contribution in [0.25, 0.3) is 111 Å². The van der Waals surface area contributed by atoms with Gasteiger partial charge in [-0.05, 0) is 85.8 Å². The quantitative estimate of drug-likeness (QED) is 0.190. The van der Waals surface area contributed by atoms with Crippen molar-refractivity contribution in [1.82, 2.24) is 19.9 Å². The Morgan fingerprint density at radius 2 is 1.04 bits per heavy atom. The van der Waals surface area contributed by atoms with Crippen LogP contribution in [0.15, 0.2) is 162 Å². The average molecular weight is 651 g/mol. The maximum absolute atomic E-state index is 6.27. The van der Waals surface area contributed by atoms with E-state index in [4.69, 9.17) is 19.4 Å². The number of hydrogen-bond donors (Lipinski definition) is 0. The number of para-hydroxylation sites is 1. The number of aromatic nitrogens is 4. The van der Waals surface area contributed by atoms with E-state index in [0.717, 1.165) is 71.5 Å². The van der Waals surface area contributed by atoms with Crippen LogP contribution in [0.1, 0.15) is 0 Å². The molecular formula is C46H26N4O. The highest BCUT2D eigenvalue weighted by Crippen LogP contribution is 2.48.